The fourth-order valence-corrected chi connectivity index (χ4v) is 5.42. The van der Waals surface area contributed by atoms with Gasteiger partial charge in [-0.25, -0.2) is 4.39 Å². The third-order valence-electron chi connectivity index (χ3n) is 8.21. The molecule has 0 spiro atoms. The number of nitrogens with zero attached hydrogens (tertiary/aromatic N) is 1. The van der Waals surface area contributed by atoms with Crippen LogP contribution in [0.5, 0.6) is 0 Å². The minimum absolute atomic E-state index is 0.192. The van der Waals surface area contributed by atoms with Crippen molar-refractivity contribution in [3.05, 3.63) is 126 Å². The van der Waals surface area contributed by atoms with Gasteiger partial charge in [0.2, 0.25) is 0 Å². The van der Waals surface area contributed by atoms with Crippen molar-refractivity contribution in [1.82, 2.24) is 4.90 Å². The van der Waals surface area contributed by atoms with Crippen molar-refractivity contribution >= 4 is 5.70 Å². The van der Waals surface area contributed by atoms with E-state index in [0.717, 1.165) is 49.9 Å². The molecule has 2 aliphatic rings. The van der Waals surface area contributed by atoms with Crippen LogP contribution in [0.1, 0.15) is 70.6 Å². The van der Waals surface area contributed by atoms with E-state index in [2.05, 4.69) is 68.8 Å². The molecule has 1 fully saturated rings. The molecule has 1 N–H and O–H groups in total. The predicted molar refractivity (Wildman–Crippen MR) is 167 cm³/mol. The molecule has 0 aliphatic heterocycles. The molecule has 2 atom stereocenters. The zero-order valence-electron chi connectivity index (χ0n) is 25.0. The summed E-state index contributed by atoms with van der Waals surface area (Å²) in [6.07, 6.45) is 10.4. The van der Waals surface area contributed by atoms with Crippen molar-refractivity contribution < 1.29 is 9.50 Å². The maximum atomic E-state index is 13.1. The van der Waals surface area contributed by atoms with E-state index in [1.807, 2.05) is 52.1 Å². The van der Waals surface area contributed by atoms with Gasteiger partial charge < -0.3 is 10.0 Å². The largest absolute Gasteiger partial charge is 0.389 e. The molecular weight excluding hydrogens is 481 g/mol. The highest BCUT2D eigenvalue weighted by Gasteiger charge is 2.51. The van der Waals surface area contributed by atoms with Crippen molar-refractivity contribution in [3.8, 4) is 0 Å². The fraction of sp³-hybridized carbons (Fsp3) is 0.389. The summed E-state index contributed by atoms with van der Waals surface area (Å²) in [5.74, 6) is -0.205. The first-order chi connectivity index (χ1) is 18.6. The lowest BCUT2D eigenvalue weighted by molar-refractivity contribution is -0.0220. The minimum Gasteiger partial charge on any atom is -0.389 e. The Morgan fingerprint density at radius 2 is 1.72 bits per heavy atom. The van der Waals surface area contributed by atoms with E-state index in [9.17, 15) is 9.50 Å². The zero-order valence-corrected chi connectivity index (χ0v) is 25.0. The van der Waals surface area contributed by atoms with E-state index >= 15 is 0 Å². The molecule has 0 radical (unpaired) electrons. The molecule has 2 nitrogen and oxygen atoms in total. The van der Waals surface area contributed by atoms with Gasteiger partial charge in [0.25, 0.3) is 0 Å². The summed E-state index contributed by atoms with van der Waals surface area (Å²) in [4.78, 5) is 2.11. The van der Waals surface area contributed by atoms with Crippen LogP contribution < -0.4 is 0 Å². The van der Waals surface area contributed by atoms with Crippen LogP contribution in [-0.2, 0) is 12.8 Å². The van der Waals surface area contributed by atoms with Crippen molar-refractivity contribution in [2.24, 2.45) is 5.41 Å². The van der Waals surface area contributed by atoms with Crippen molar-refractivity contribution in [1.29, 1.82) is 0 Å². The molecule has 2 aromatic rings. The summed E-state index contributed by atoms with van der Waals surface area (Å²) in [7, 11) is 2.04. The first-order valence-electron chi connectivity index (χ1n) is 14.2. The molecule has 2 unspecified atom stereocenters. The van der Waals surface area contributed by atoms with Crippen LogP contribution in [0.2, 0.25) is 0 Å². The Kier molecular flexibility index (Phi) is 11.7. The molecule has 0 bridgehead atoms. The lowest BCUT2D eigenvalue weighted by atomic mass is 9.66. The van der Waals surface area contributed by atoms with Gasteiger partial charge in [-0.1, -0.05) is 101 Å². The lowest BCUT2D eigenvalue weighted by Gasteiger charge is -2.41. The van der Waals surface area contributed by atoms with Crippen LogP contribution in [-0.4, -0.2) is 29.2 Å². The van der Waals surface area contributed by atoms with Crippen LogP contribution in [0.25, 0.3) is 5.70 Å². The van der Waals surface area contributed by atoms with Crippen molar-refractivity contribution in [2.45, 2.75) is 72.3 Å². The lowest BCUT2D eigenvalue weighted by Crippen LogP contribution is -2.41. The van der Waals surface area contributed by atoms with Crippen molar-refractivity contribution in [2.75, 3.05) is 13.6 Å². The van der Waals surface area contributed by atoms with Crippen LogP contribution in [0.4, 0.5) is 4.39 Å². The van der Waals surface area contributed by atoms with Gasteiger partial charge in [-0.15, -0.1) is 6.58 Å². The molecule has 1 saturated carbocycles. The molecule has 0 saturated heterocycles. The molecule has 3 heteroatoms. The highest BCUT2D eigenvalue weighted by atomic mass is 19.1. The Hall–Kier alpha value is -3.17. The van der Waals surface area contributed by atoms with Crippen molar-refractivity contribution in [3.63, 3.8) is 0 Å². The first kappa shape index (κ1) is 32.0. The van der Waals surface area contributed by atoms with Crippen LogP contribution in [0.3, 0.4) is 0 Å². The summed E-state index contributed by atoms with van der Waals surface area (Å²) in [5, 5.41) is 10.7. The molecular formula is C36H48FNO. The SMILES string of the molecule is C=CC1=C(Cc2ccc(F)cc2)C=C2CCC(C)(O)C2(C)C1.C=CCN(C)C(=C)c1ccccc1CC.CC. The number of fused-ring (bicyclic) bond motifs is 1. The third-order valence-corrected chi connectivity index (χ3v) is 8.21. The number of aryl methyl sites for hydroxylation is 1. The fourth-order valence-electron chi connectivity index (χ4n) is 5.42. The standard InChI is InChI=1S/C20H23FO.C14H19N.C2H6/c1-4-15-13-19(2)17(9-10-20(19,3)22)12-16(15)11-14-5-7-18(21)8-6-14;1-5-11-15(4)12(3)14-10-8-7-9-13(14)6-2;1-2/h4-8,12,22H,1,9-11,13H2,2-3H3;5,7-10H,1,3,6,11H2,2,4H3;1-2H3. The van der Waals surface area contributed by atoms with Gasteiger partial charge in [-0.3, -0.25) is 0 Å². The van der Waals surface area contributed by atoms with E-state index in [1.54, 1.807) is 0 Å². The summed E-state index contributed by atoms with van der Waals surface area (Å²) in [6.45, 7) is 22.9. The smallest absolute Gasteiger partial charge is 0.123 e. The summed E-state index contributed by atoms with van der Waals surface area (Å²) >= 11 is 0. The van der Waals surface area contributed by atoms with E-state index in [-0.39, 0.29) is 11.2 Å². The predicted octanol–water partition coefficient (Wildman–Crippen LogP) is 9.10. The van der Waals surface area contributed by atoms with Crippen LogP contribution >= 0.6 is 0 Å². The molecule has 4 rings (SSSR count). The van der Waals surface area contributed by atoms with Crippen LogP contribution in [0, 0.1) is 11.2 Å². The zero-order chi connectivity index (χ0) is 29.2. The Morgan fingerprint density at radius 1 is 1.08 bits per heavy atom. The van der Waals surface area contributed by atoms with E-state index in [4.69, 9.17) is 0 Å². The maximum Gasteiger partial charge on any atom is 0.123 e. The van der Waals surface area contributed by atoms with Gasteiger partial charge in [0, 0.05) is 30.3 Å². The quantitative estimate of drug-likeness (QED) is 0.345. The van der Waals surface area contributed by atoms with E-state index in [0.29, 0.717) is 0 Å². The average molecular weight is 530 g/mol. The summed E-state index contributed by atoms with van der Waals surface area (Å²) in [6, 6.07) is 15.1. The topological polar surface area (TPSA) is 23.5 Å². The minimum atomic E-state index is -0.658. The number of benzene rings is 2. The second-order valence-electron chi connectivity index (χ2n) is 10.6. The number of hydrogen-bond donors (Lipinski definition) is 1. The van der Waals surface area contributed by atoms with Gasteiger partial charge >= 0.3 is 0 Å². The normalized spacial score (nSPS) is 21.4. The van der Waals surface area contributed by atoms with Gasteiger partial charge in [-0.05, 0) is 73.4 Å². The van der Waals surface area contributed by atoms with E-state index in [1.165, 1.54) is 40.0 Å². The third kappa shape index (κ3) is 7.48. The summed E-state index contributed by atoms with van der Waals surface area (Å²) < 4.78 is 13.1. The van der Waals surface area contributed by atoms with Crippen LogP contribution in [0.15, 0.2) is 103 Å². The van der Waals surface area contributed by atoms with Gasteiger partial charge in [0.05, 0.1) is 5.60 Å². The number of hydrogen-bond acceptors (Lipinski definition) is 2. The number of rotatable bonds is 8. The Bertz CT molecular complexity index is 1200. The molecule has 2 aromatic carbocycles. The first-order valence-corrected chi connectivity index (χ1v) is 14.2. The molecule has 0 aromatic heterocycles. The summed E-state index contributed by atoms with van der Waals surface area (Å²) in [5.41, 5.74) is 7.66. The average Bonchev–Trinajstić information content (AvgIpc) is 3.18. The molecule has 210 valence electrons. The number of aliphatic hydroxyl groups is 1. The second kappa shape index (κ2) is 14.3. The Labute approximate surface area is 237 Å². The van der Waals surface area contributed by atoms with E-state index < -0.39 is 5.60 Å². The molecule has 0 amide bonds. The number of halogens is 1. The highest BCUT2D eigenvalue weighted by Crippen LogP contribution is 2.56. The molecule has 39 heavy (non-hydrogen) atoms. The molecule has 2 aliphatic carbocycles. The Morgan fingerprint density at radius 3 is 2.31 bits per heavy atom. The molecule has 0 heterocycles. The van der Waals surface area contributed by atoms with Gasteiger partial charge in [0.15, 0.2) is 0 Å². The number of likely N-dealkylation sites (N-methyl/N-ethyl adjacent to an activating group) is 1. The maximum absolute atomic E-state index is 13.1. The Balaban J connectivity index is 0.000000275. The van der Waals surface area contributed by atoms with Gasteiger partial charge in [0.1, 0.15) is 5.82 Å². The monoisotopic (exact) mass is 529 g/mol. The second-order valence-corrected chi connectivity index (χ2v) is 10.6. The number of allylic oxidation sites excluding steroid dienone is 4. The highest BCUT2D eigenvalue weighted by molar-refractivity contribution is 5.65. The van der Waals surface area contributed by atoms with Gasteiger partial charge in [-0.2, -0.15) is 0 Å².